The first-order chi connectivity index (χ1) is 10.3. The maximum Gasteiger partial charge on any atom is 0.133 e. The van der Waals surface area contributed by atoms with Crippen molar-refractivity contribution in [1.82, 2.24) is 10.3 Å². The van der Waals surface area contributed by atoms with Gasteiger partial charge >= 0.3 is 0 Å². The second kappa shape index (κ2) is 6.27. The molecule has 3 heteroatoms. The van der Waals surface area contributed by atoms with E-state index < -0.39 is 0 Å². The van der Waals surface area contributed by atoms with Crippen molar-refractivity contribution >= 4 is 11.5 Å². The van der Waals surface area contributed by atoms with Crippen molar-refractivity contribution in [2.24, 2.45) is 0 Å². The number of aryl methyl sites for hydroxylation is 1. The Morgan fingerprint density at radius 3 is 2.90 bits per heavy atom. The van der Waals surface area contributed by atoms with Crippen molar-refractivity contribution in [3.05, 3.63) is 53.7 Å². The molecule has 0 saturated heterocycles. The number of nitrogens with zero attached hydrogens (tertiary/aromatic N) is 2. The smallest absolute Gasteiger partial charge is 0.133 e. The van der Waals surface area contributed by atoms with Gasteiger partial charge in [0.15, 0.2) is 0 Å². The highest BCUT2D eigenvalue weighted by atomic mass is 15.2. The lowest BCUT2D eigenvalue weighted by Crippen LogP contribution is -2.20. The van der Waals surface area contributed by atoms with Crippen LogP contribution in [0, 0.1) is 0 Å². The molecule has 1 atom stereocenters. The van der Waals surface area contributed by atoms with Crippen molar-refractivity contribution < 1.29 is 0 Å². The van der Waals surface area contributed by atoms with E-state index in [4.69, 9.17) is 0 Å². The fourth-order valence-corrected chi connectivity index (χ4v) is 2.95. The van der Waals surface area contributed by atoms with Crippen molar-refractivity contribution in [2.45, 2.75) is 32.2 Å². The number of hydrogen-bond donors (Lipinski definition) is 1. The lowest BCUT2D eigenvalue weighted by molar-refractivity contribution is 0.651. The molecule has 0 bridgehead atoms. The van der Waals surface area contributed by atoms with E-state index in [-0.39, 0.29) is 0 Å². The van der Waals surface area contributed by atoms with Gasteiger partial charge in [-0.3, -0.25) is 0 Å². The molecule has 21 heavy (non-hydrogen) atoms. The molecular formula is C18H23N3. The van der Waals surface area contributed by atoms with Crippen LogP contribution in [0.5, 0.6) is 0 Å². The summed E-state index contributed by atoms with van der Waals surface area (Å²) in [5.74, 6) is 1.06. The van der Waals surface area contributed by atoms with E-state index in [1.54, 1.807) is 0 Å². The van der Waals surface area contributed by atoms with Crippen molar-refractivity contribution in [3.8, 4) is 0 Å². The molecule has 1 unspecified atom stereocenters. The van der Waals surface area contributed by atoms with Gasteiger partial charge in [-0.15, -0.1) is 0 Å². The molecule has 1 aliphatic heterocycles. The Balaban J connectivity index is 2.00. The van der Waals surface area contributed by atoms with Crippen LogP contribution in [-0.2, 0) is 6.42 Å². The highest BCUT2D eigenvalue weighted by molar-refractivity contribution is 5.64. The average Bonchev–Trinajstić information content (AvgIpc) is 2.76. The van der Waals surface area contributed by atoms with Gasteiger partial charge in [-0.2, -0.15) is 0 Å². The Kier molecular flexibility index (Phi) is 4.20. The molecule has 1 N–H and O–H groups in total. The number of fused-ring (bicyclic) bond motifs is 1. The average molecular weight is 281 g/mol. The molecule has 0 fully saturated rings. The molecule has 1 aliphatic rings. The van der Waals surface area contributed by atoms with Crippen LogP contribution in [0.15, 0.2) is 42.6 Å². The Bertz CT molecular complexity index is 609. The summed E-state index contributed by atoms with van der Waals surface area (Å²) >= 11 is 0. The molecular weight excluding hydrogens is 258 g/mol. The lowest BCUT2D eigenvalue weighted by atomic mass is 10.1. The van der Waals surface area contributed by atoms with E-state index in [1.807, 2.05) is 13.2 Å². The predicted octanol–water partition coefficient (Wildman–Crippen LogP) is 3.84. The molecule has 2 aromatic rings. The zero-order valence-electron chi connectivity index (χ0n) is 12.8. The van der Waals surface area contributed by atoms with E-state index in [0.717, 1.165) is 12.4 Å². The predicted molar refractivity (Wildman–Crippen MR) is 88.1 cm³/mol. The summed E-state index contributed by atoms with van der Waals surface area (Å²) in [4.78, 5) is 6.99. The Hall–Kier alpha value is -1.87. The van der Waals surface area contributed by atoms with Gasteiger partial charge < -0.3 is 10.2 Å². The quantitative estimate of drug-likeness (QED) is 0.926. The van der Waals surface area contributed by atoms with Crippen LogP contribution in [0.3, 0.4) is 0 Å². The van der Waals surface area contributed by atoms with Gasteiger partial charge in [-0.05, 0) is 62.6 Å². The zero-order chi connectivity index (χ0) is 14.7. The van der Waals surface area contributed by atoms with Crippen LogP contribution in [0.2, 0.25) is 0 Å². The van der Waals surface area contributed by atoms with Crippen LogP contribution >= 0.6 is 0 Å². The topological polar surface area (TPSA) is 28.2 Å². The highest BCUT2D eigenvalue weighted by Crippen LogP contribution is 2.32. The maximum absolute atomic E-state index is 4.62. The Labute approximate surface area is 127 Å². The first-order valence-corrected chi connectivity index (χ1v) is 7.78. The third-order valence-electron chi connectivity index (χ3n) is 4.34. The SMILES string of the molecule is CNC(C)c1ccnc(N2CCCCc3ccccc32)c1. The number of pyridine rings is 1. The molecule has 0 aliphatic carbocycles. The van der Waals surface area contributed by atoms with E-state index in [0.29, 0.717) is 6.04 Å². The van der Waals surface area contributed by atoms with Gasteiger partial charge in [0.2, 0.25) is 0 Å². The fourth-order valence-electron chi connectivity index (χ4n) is 2.95. The van der Waals surface area contributed by atoms with Crippen molar-refractivity contribution in [3.63, 3.8) is 0 Å². The number of para-hydroxylation sites is 1. The number of aromatic nitrogens is 1. The number of anilines is 2. The van der Waals surface area contributed by atoms with Crippen LogP contribution in [0.4, 0.5) is 11.5 Å². The first kappa shape index (κ1) is 14.1. The number of hydrogen-bond acceptors (Lipinski definition) is 3. The lowest BCUT2D eigenvalue weighted by Gasteiger charge is -2.25. The molecule has 2 heterocycles. The molecule has 0 amide bonds. The summed E-state index contributed by atoms with van der Waals surface area (Å²) in [6.07, 6.45) is 5.55. The van der Waals surface area contributed by atoms with Gasteiger partial charge in [0.1, 0.15) is 5.82 Å². The normalized spacial score (nSPS) is 16.2. The van der Waals surface area contributed by atoms with Crippen molar-refractivity contribution in [1.29, 1.82) is 0 Å². The standard InChI is InChI=1S/C18H23N3/c1-14(19-2)16-10-11-20-18(13-16)21-12-6-5-8-15-7-3-4-9-17(15)21/h3-4,7,9-11,13-14,19H,5-6,8,12H2,1-2H3. The summed E-state index contributed by atoms with van der Waals surface area (Å²) in [5.41, 5.74) is 4.03. The van der Waals surface area contributed by atoms with Crippen LogP contribution in [0.25, 0.3) is 0 Å². The fraction of sp³-hybridized carbons (Fsp3) is 0.389. The molecule has 1 aromatic carbocycles. The van der Waals surface area contributed by atoms with Gasteiger partial charge in [0, 0.05) is 24.5 Å². The van der Waals surface area contributed by atoms with E-state index >= 15 is 0 Å². The molecule has 0 spiro atoms. The molecule has 0 saturated carbocycles. The summed E-state index contributed by atoms with van der Waals surface area (Å²) in [5, 5.41) is 3.30. The number of rotatable bonds is 3. The van der Waals surface area contributed by atoms with Gasteiger partial charge in [-0.1, -0.05) is 18.2 Å². The first-order valence-electron chi connectivity index (χ1n) is 7.78. The highest BCUT2D eigenvalue weighted by Gasteiger charge is 2.18. The molecule has 3 rings (SSSR count). The van der Waals surface area contributed by atoms with Crippen molar-refractivity contribution in [2.75, 3.05) is 18.5 Å². The molecule has 1 aromatic heterocycles. The third kappa shape index (κ3) is 2.93. The third-order valence-corrected chi connectivity index (χ3v) is 4.34. The number of benzene rings is 1. The Morgan fingerprint density at radius 1 is 1.19 bits per heavy atom. The summed E-state index contributed by atoms with van der Waals surface area (Å²) in [6.45, 7) is 3.22. The minimum Gasteiger partial charge on any atom is -0.326 e. The minimum absolute atomic E-state index is 0.342. The van der Waals surface area contributed by atoms with Crippen LogP contribution in [-0.4, -0.2) is 18.6 Å². The summed E-state index contributed by atoms with van der Waals surface area (Å²) in [7, 11) is 1.99. The van der Waals surface area contributed by atoms with Crippen LogP contribution in [0.1, 0.15) is 36.9 Å². The van der Waals surface area contributed by atoms with E-state index in [1.165, 1.54) is 36.1 Å². The molecule has 0 radical (unpaired) electrons. The van der Waals surface area contributed by atoms with Crippen LogP contribution < -0.4 is 10.2 Å². The molecule has 3 nitrogen and oxygen atoms in total. The minimum atomic E-state index is 0.342. The van der Waals surface area contributed by atoms with Gasteiger partial charge in [0.05, 0.1) is 0 Å². The second-order valence-corrected chi connectivity index (χ2v) is 5.70. The second-order valence-electron chi connectivity index (χ2n) is 5.70. The summed E-state index contributed by atoms with van der Waals surface area (Å²) in [6, 6.07) is 13.4. The van der Waals surface area contributed by atoms with E-state index in [9.17, 15) is 0 Å². The molecule has 110 valence electrons. The van der Waals surface area contributed by atoms with Gasteiger partial charge in [0.25, 0.3) is 0 Å². The maximum atomic E-state index is 4.62. The zero-order valence-corrected chi connectivity index (χ0v) is 12.8. The largest absolute Gasteiger partial charge is 0.326 e. The monoisotopic (exact) mass is 281 g/mol. The Morgan fingerprint density at radius 2 is 2.05 bits per heavy atom. The van der Waals surface area contributed by atoms with E-state index in [2.05, 4.69) is 58.5 Å². The van der Waals surface area contributed by atoms with Gasteiger partial charge in [-0.25, -0.2) is 4.98 Å². The number of nitrogens with one attached hydrogen (secondary N) is 1. The summed E-state index contributed by atoms with van der Waals surface area (Å²) < 4.78 is 0.